The summed E-state index contributed by atoms with van der Waals surface area (Å²) in [4.78, 5) is 2.66. The molecule has 0 radical (unpaired) electrons. The van der Waals surface area contributed by atoms with Crippen LogP contribution in [-0.4, -0.2) is 48.3 Å². The van der Waals surface area contributed by atoms with Crippen molar-refractivity contribution >= 4 is 0 Å². The average molecular weight is 212 g/mol. The number of aliphatic hydroxyl groups excluding tert-OH is 1. The SMILES string of the molecule is CC1CCC1N1CCCC(NCCO)C1. The van der Waals surface area contributed by atoms with Gasteiger partial charge in [-0.05, 0) is 38.1 Å². The second-order valence-electron chi connectivity index (χ2n) is 5.13. The third kappa shape index (κ3) is 2.71. The van der Waals surface area contributed by atoms with E-state index in [0.29, 0.717) is 6.04 Å². The summed E-state index contributed by atoms with van der Waals surface area (Å²) in [5.74, 6) is 0.904. The minimum Gasteiger partial charge on any atom is -0.395 e. The van der Waals surface area contributed by atoms with E-state index < -0.39 is 0 Å². The number of aliphatic hydroxyl groups is 1. The monoisotopic (exact) mass is 212 g/mol. The van der Waals surface area contributed by atoms with Gasteiger partial charge in [0.05, 0.1) is 6.61 Å². The van der Waals surface area contributed by atoms with Crippen LogP contribution in [0.3, 0.4) is 0 Å². The average Bonchev–Trinajstić information content (AvgIpc) is 2.25. The van der Waals surface area contributed by atoms with Crippen LogP contribution in [-0.2, 0) is 0 Å². The molecule has 0 aromatic carbocycles. The van der Waals surface area contributed by atoms with Crippen molar-refractivity contribution in [3.63, 3.8) is 0 Å². The Bertz CT molecular complexity index is 198. The van der Waals surface area contributed by atoms with Crippen LogP contribution in [0.1, 0.15) is 32.6 Å². The topological polar surface area (TPSA) is 35.5 Å². The maximum absolute atomic E-state index is 8.80. The first kappa shape index (κ1) is 11.4. The molecule has 2 N–H and O–H groups in total. The molecule has 15 heavy (non-hydrogen) atoms. The molecule has 2 rings (SSSR count). The minimum absolute atomic E-state index is 0.260. The Kier molecular flexibility index (Phi) is 4.00. The molecule has 0 amide bonds. The van der Waals surface area contributed by atoms with Gasteiger partial charge in [-0.15, -0.1) is 0 Å². The van der Waals surface area contributed by atoms with E-state index in [0.717, 1.165) is 18.5 Å². The van der Waals surface area contributed by atoms with E-state index in [2.05, 4.69) is 17.1 Å². The standard InChI is InChI=1S/C12H24N2O/c1-10-4-5-12(10)14-7-2-3-11(9-14)13-6-8-15/h10-13,15H,2-9H2,1H3. The molecule has 0 aromatic heterocycles. The molecule has 2 aliphatic rings. The number of nitrogens with one attached hydrogen (secondary N) is 1. The lowest BCUT2D eigenvalue weighted by Crippen LogP contribution is -2.54. The Labute approximate surface area is 92.8 Å². The van der Waals surface area contributed by atoms with Gasteiger partial charge in [-0.25, -0.2) is 0 Å². The van der Waals surface area contributed by atoms with Gasteiger partial charge in [0.2, 0.25) is 0 Å². The van der Waals surface area contributed by atoms with Crippen molar-refractivity contribution in [2.45, 2.75) is 44.7 Å². The maximum Gasteiger partial charge on any atom is 0.0556 e. The van der Waals surface area contributed by atoms with E-state index in [1.807, 2.05) is 0 Å². The van der Waals surface area contributed by atoms with E-state index in [4.69, 9.17) is 5.11 Å². The molecule has 3 unspecified atom stereocenters. The quantitative estimate of drug-likeness (QED) is 0.724. The summed E-state index contributed by atoms with van der Waals surface area (Å²) in [5.41, 5.74) is 0. The third-order valence-corrected chi connectivity index (χ3v) is 4.04. The molecule has 0 spiro atoms. The van der Waals surface area contributed by atoms with Gasteiger partial charge < -0.3 is 10.4 Å². The van der Waals surface area contributed by atoms with E-state index >= 15 is 0 Å². The van der Waals surface area contributed by atoms with Gasteiger partial charge in [-0.1, -0.05) is 6.92 Å². The molecular formula is C12H24N2O. The lowest BCUT2D eigenvalue weighted by Gasteiger charge is -2.46. The Hall–Kier alpha value is -0.120. The number of likely N-dealkylation sites (tertiary alicyclic amines) is 1. The van der Waals surface area contributed by atoms with Crippen molar-refractivity contribution in [1.29, 1.82) is 0 Å². The zero-order valence-corrected chi connectivity index (χ0v) is 9.78. The second kappa shape index (κ2) is 5.28. The van der Waals surface area contributed by atoms with Crippen LogP contribution in [0.2, 0.25) is 0 Å². The Balaban J connectivity index is 1.76. The van der Waals surface area contributed by atoms with Gasteiger partial charge in [0, 0.05) is 25.2 Å². The smallest absolute Gasteiger partial charge is 0.0556 e. The van der Waals surface area contributed by atoms with Crippen LogP contribution in [0.5, 0.6) is 0 Å². The summed E-state index contributed by atoms with van der Waals surface area (Å²) < 4.78 is 0. The molecule has 3 heteroatoms. The predicted octanol–water partition coefficient (Wildman–Crippen LogP) is 0.831. The van der Waals surface area contributed by atoms with Crippen LogP contribution in [0.15, 0.2) is 0 Å². The lowest BCUT2D eigenvalue weighted by molar-refractivity contribution is 0.0436. The Morgan fingerprint density at radius 3 is 2.80 bits per heavy atom. The van der Waals surface area contributed by atoms with Crippen molar-refractivity contribution in [3.8, 4) is 0 Å². The van der Waals surface area contributed by atoms with Gasteiger partial charge in [0.1, 0.15) is 0 Å². The molecule has 2 fully saturated rings. The summed E-state index contributed by atoms with van der Waals surface area (Å²) in [6, 6.07) is 1.46. The number of hydrogen-bond donors (Lipinski definition) is 2. The molecule has 1 saturated carbocycles. The van der Waals surface area contributed by atoms with Gasteiger partial charge >= 0.3 is 0 Å². The number of hydrogen-bond acceptors (Lipinski definition) is 3. The van der Waals surface area contributed by atoms with Gasteiger partial charge in [-0.3, -0.25) is 4.90 Å². The largest absolute Gasteiger partial charge is 0.395 e. The van der Waals surface area contributed by atoms with Crippen molar-refractivity contribution in [2.24, 2.45) is 5.92 Å². The van der Waals surface area contributed by atoms with Crippen LogP contribution < -0.4 is 5.32 Å². The molecule has 88 valence electrons. The van der Waals surface area contributed by atoms with Gasteiger partial charge in [0.25, 0.3) is 0 Å². The number of rotatable bonds is 4. The fourth-order valence-electron chi connectivity index (χ4n) is 2.93. The number of piperidine rings is 1. The summed E-state index contributed by atoms with van der Waals surface area (Å²) in [6.07, 6.45) is 5.40. The molecule has 0 aromatic rings. The zero-order chi connectivity index (χ0) is 10.7. The highest BCUT2D eigenvalue weighted by Gasteiger charge is 2.34. The predicted molar refractivity (Wildman–Crippen MR) is 61.9 cm³/mol. The fourth-order valence-corrected chi connectivity index (χ4v) is 2.93. The summed E-state index contributed by atoms with van der Waals surface area (Å²) in [7, 11) is 0. The van der Waals surface area contributed by atoms with Crippen molar-refractivity contribution in [2.75, 3.05) is 26.2 Å². The van der Waals surface area contributed by atoms with E-state index in [1.54, 1.807) is 0 Å². The van der Waals surface area contributed by atoms with E-state index in [-0.39, 0.29) is 6.61 Å². The van der Waals surface area contributed by atoms with Crippen LogP contribution in [0.4, 0.5) is 0 Å². The molecule has 3 nitrogen and oxygen atoms in total. The van der Waals surface area contributed by atoms with Crippen LogP contribution >= 0.6 is 0 Å². The summed E-state index contributed by atoms with van der Waals surface area (Å²) >= 11 is 0. The molecule has 0 bridgehead atoms. The normalized spacial score (nSPS) is 37.6. The van der Waals surface area contributed by atoms with Gasteiger partial charge in [0.15, 0.2) is 0 Å². The minimum atomic E-state index is 0.260. The van der Waals surface area contributed by atoms with Crippen LogP contribution in [0, 0.1) is 5.92 Å². The highest BCUT2D eigenvalue weighted by Crippen LogP contribution is 2.33. The zero-order valence-electron chi connectivity index (χ0n) is 9.78. The second-order valence-corrected chi connectivity index (χ2v) is 5.13. The van der Waals surface area contributed by atoms with Gasteiger partial charge in [-0.2, -0.15) is 0 Å². The molecular weight excluding hydrogens is 188 g/mol. The number of nitrogens with zero attached hydrogens (tertiary/aromatic N) is 1. The first-order valence-corrected chi connectivity index (χ1v) is 6.39. The fraction of sp³-hybridized carbons (Fsp3) is 1.00. The molecule has 1 heterocycles. The van der Waals surface area contributed by atoms with Crippen molar-refractivity contribution in [3.05, 3.63) is 0 Å². The maximum atomic E-state index is 8.80. The Morgan fingerprint density at radius 2 is 2.20 bits per heavy atom. The van der Waals surface area contributed by atoms with Crippen molar-refractivity contribution < 1.29 is 5.11 Å². The third-order valence-electron chi connectivity index (χ3n) is 4.04. The molecule has 3 atom stereocenters. The molecule has 1 aliphatic carbocycles. The highest BCUT2D eigenvalue weighted by molar-refractivity contribution is 4.90. The van der Waals surface area contributed by atoms with E-state index in [1.165, 1.54) is 38.8 Å². The molecule has 1 saturated heterocycles. The first-order valence-electron chi connectivity index (χ1n) is 6.39. The lowest BCUT2D eigenvalue weighted by atomic mass is 9.79. The summed E-state index contributed by atoms with van der Waals surface area (Å²) in [6.45, 7) is 5.86. The van der Waals surface area contributed by atoms with Crippen LogP contribution in [0.25, 0.3) is 0 Å². The summed E-state index contributed by atoms with van der Waals surface area (Å²) in [5, 5.41) is 12.2. The Morgan fingerprint density at radius 1 is 1.33 bits per heavy atom. The first-order chi connectivity index (χ1) is 7.31. The van der Waals surface area contributed by atoms with E-state index in [9.17, 15) is 0 Å². The highest BCUT2D eigenvalue weighted by atomic mass is 16.3. The molecule has 1 aliphatic heterocycles. The van der Waals surface area contributed by atoms with Crippen molar-refractivity contribution in [1.82, 2.24) is 10.2 Å².